The molecule has 0 aliphatic heterocycles. The average Bonchev–Trinajstić information content (AvgIpc) is 3.26. The second kappa shape index (κ2) is 8.86. The number of rotatable bonds is 7. The molecule has 0 aliphatic rings. The Morgan fingerprint density at radius 2 is 1.97 bits per heavy atom. The van der Waals surface area contributed by atoms with Crippen LogP contribution in [0.2, 0.25) is 0 Å². The quantitative estimate of drug-likeness (QED) is 0.350. The molecule has 3 rings (SSSR count). The molecular formula is C20H19N5O5. The van der Waals surface area contributed by atoms with Gasteiger partial charge in [0.25, 0.3) is 11.6 Å². The molecule has 1 aromatic heterocycles. The summed E-state index contributed by atoms with van der Waals surface area (Å²) in [7, 11) is 3.09. The van der Waals surface area contributed by atoms with Crippen LogP contribution in [0.15, 0.2) is 53.6 Å². The van der Waals surface area contributed by atoms with E-state index >= 15 is 0 Å². The number of ether oxygens (including phenoxy) is 2. The van der Waals surface area contributed by atoms with Crippen molar-refractivity contribution >= 4 is 17.3 Å². The van der Waals surface area contributed by atoms with Crippen molar-refractivity contribution in [1.29, 1.82) is 0 Å². The minimum absolute atomic E-state index is 0.0555. The molecule has 0 atom stereocenters. The highest BCUT2D eigenvalue weighted by Gasteiger charge is 2.15. The number of carbonyl (C=O) groups is 1. The Balaban J connectivity index is 1.76. The summed E-state index contributed by atoms with van der Waals surface area (Å²) in [6.45, 7) is 1.64. The molecule has 2 N–H and O–H groups in total. The van der Waals surface area contributed by atoms with Crippen molar-refractivity contribution in [1.82, 2.24) is 15.6 Å². The monoisotopic (exact) mass is 409 g/mol. The van der Waals surface area contributed by atoms with Gasteiger partial charge in [-0.1, -0.05) is 12.1 Å². The van der Waals surface area contributed by atoms with Gasteiger partial charge in [0.15, 0.2) is 0 Å². The summed E-state index contributed by atoms with van der Waals surface area (Å²) in [5.74, 6) is 0.674. The van der Waals surface area contributed by atoms with Gasteiger partial charge in [0, 0.05) is 29.3 Å². The zero-order valence-corrected chi connectivity index (χ0v) is 16.5. The third-order valence-electron chi connectivity index (χ3n) is 4.31. The van der Waals surface area contributed by atoms with Crippen LogP contribution in [0.25, 0.3) is 11.3 Å². The first kappa shape index (κ1) is 20.5. The van der Waals surface area contributed by atoms with Gasteiger partial charge in [-0.2, -0.15) is 10.2 Å². The van der Waals surface area contributed by atoms with Crippen molar-refractivity contribution < 1.29 is 19.2 Å². The summed E-state index contributed by atoms with van der Waals surface area (Å²) in [4.78, 5) is 22.8. The Bertz CT molecular complexity index is 1120. The fourth-order valence-electron chi connectivity index (χ4n) is 2.69. The molecule has 1 heterocycles. The predicted molar refractivity (Wildman–Crippen MR) is 110 cm³/mol. The number of H-pyrrole nitrogens is 1. The fourth-order valence-corrected chi connectivity index (χ4v) is 2.69. The van der Waals surface area contributed by atoms with Crippen LogP contribution in [0.4, 0.5) is 5.69 Å². The minimum Gasteiger partial charge on any atom is -0.497 e. The number of amides is 1. The Morgan fingerprint density at radius 3 is 2.67 bits per heavy atom. The van der Waals surface area contributed by atoms with Gasteiger partial charge in [0.2, 0.25) is 0 Å². The van der Waals surface area contributed by atoms with Crippen LogP contribution in [0.5, 0.6) is 11.5 Å². The molecular weight excluding hydrogens is 390 g/mol. The highest BCUT2D eigenvalue weighted by Crippen LogP contribution is 2.32. The van der Waals surface area contributed by atoms with E-state index in [-0.39, 0.29) is 11.4 Å². The Morgan fingerprint density at radius 1 is 1.17 bits per heavy atom. The van der Waals surface area contributed by atoms with E-state index in [1.54, 1.807) is 50.4 Å². The summed E-state index contributed by atoms with van der Waals surface area (Å²) >= 11 is 0. The van der Waals surface area contributed by atoms with E-state index in [4.69, 9.17) is 9.47 Å². The molecule has 0 radical (unpaired) electrons. The number of nitrogens with zero attached hydrogens (tertiary/aromatic N) is 3. The smallest absolute Gasteiger partial charge is 0.289 e. The minimum atomic E-state index is -0.508. The molecule has 0 saturated heterocycles. The average molecular weight is 409 g/mol. The van der Waals surface area contributed by atoms with Gasteiger partial charge >= 0.3 is 0 Å². The predicted octanol–water partition coefficient (Wildman–Crippen LogP) is 3.16. The van der Waals surface area contributed by atoms with Crippen LogP contribution in [-0.2, 0) is 0 Å². The number of hydrogen-bond donors (Lipinski definition) is 2. The van der Waals surface area contributed by atoms with Crippen LogP contribution in [-0.4, -0.2) is 41.0 Å². The van der Waals surface area contributed by atoms with Gasteiger partial charge in [-0.15, -0.1) is 0 Å². The Labute approximate surface area is 171 Å². The van der Waals surface area contributed by atoms with Gasteiger partial charge in [0.1, 0.15) is 17.2 Å². The molecule has 0 saturated carbocycles. The molecule has 0 spiro atoms. The first-order valence-corrected chi connectivity index (χ1v) is 8.80. The maximum Gasteiger partial charge on any atom is 0.289 e. The number of hydrogen-bond acceptors (Lipinski definition) is 7. The van der Waals surface area contributed by atoms with Crippen LogP contribution >= 0.6 is 0 Å². The third-order valence-corrected chi connectivity index (χ3v) is 4.31. The van der Waals surface area contributed by atoms with Crippen LogP contribution in [0, 0.1) is 10.1 Å². The van der Waals surface area contributed by atoms with Crippen LogP contribution in [0.1, 0.15) is 23.0 Å². The second-order valence-corrected chi connectivity index (χ2v) is 6.18. The van der Waals surface area contributed by atoms with Crippen molar-refractivity contribution in [3.05, 3.63) is 69.9 Å². The van der Waals surface area contributed by atoms with E-state index in [1.165, 1.54) is 19.2 Å². The highest BCUT2D eigenvalue weighted by atomic mass is 16.6. The van der Waals surface area contributed by atoms with E-state index < -0.39 is 10.8 Å². The molecule has 10 heteroatoms. The summed E-state index contributed by atoms with van der Waals surface area (Å²) in [5, 5.41) is 21.7. The molecule has 10 nitrogen and oxygen atoms in total. The van der Waals surface area contributed by atoms with Crippen molar-refractivity contribution in [2.24, 2.45) is 5.10 Å². The number of aromatic nitrogens is 2. The number of non-ortho nitro benzene ring substituents is 1. The van der Waals surface area contributed by atoms with Crippen molar-refractivity contribution in [3.63, 3.8) is 0 Å². The van der Waals surface area contributed by atoms with E-state index in [1.807, 2.05) is 0 Å². The van der Waals surface area contributed by atoms with Gasteiger partial charge in [-0.3, -0.25) is 20.0 Å². The molecule has 154 valence electrons. The third kappa shape index (κ3) is 4.43. The zero-order chi connectivity index (χ0) is 21.7. The summed E-state index contributed by atoms with van der Waals surface area (Å²) in [6.07, 6.45) is 0. The van der Waals surface area contributed by atoms with Gasteiger partial charge < -0.3 is 9.47 Å². The molecule has 0 fully saturated rings. The van der Waals surface area contributed by atoms with Gasteiger partial charge in [0.05, 0.1) is 30.5 Å². The summed E-state index contributed by atoms with van der Waals surface area (Å²) in [6, 6.07) is 12.8. The molecule has 0 unspecified atom stereocenters. The lowest BCUT2D eigenvalue weighted by Crippen LogP contribution is -2.19. The van der Waals surface area contributed by atoms with Gasteiger partial charge in [-0.25, -0.2) is 5.43 Å². The summed E-state index contributed by atoms with van der Waals surface area (Å²) in [5.41, 5.74) is 4.70. The highest BCUT2D eigenvalue weighted by molar-refractivity contribution is 6.01. The maximum absolute atomic E-state index is 12.4. The second-order valence-electron chi connectivity index (χ2n) is 6.18. The maximum atomic E-state index is 12.4. The Kier molecular flexibility index (Phi) is 6.06. The lowest BCUT2D eigenvalue weighted by atomic mass is 10.1. The number of nitro groups is 1. The fraction of sp³-hybridized carbons (Fsp3) is 0.150. The Hall–Kier alpha value is -4.21. The van der Waals surface area contributed by atoms with E-state index in [9.17, 15) is 14.9 Å². The van der Waals surface area contributed by atoms with Crippen LogP contribution < -0.4 is 14.9 Å². The number of methoxy groups -OCH3 is 2. The SMILES string of the molecule is COc1ccc(-c2cc(C(=O)N/N=C(\C)c3cccc([N+](=O)[O-])c3)[nH]n2)c(OC)c1. The van der Waals surface area contributed by atoms with Crippen molar-refractivity contribution in [2.45, 2.75) is 6.92 Å². The number of nitro benzene ring substituents is 1. The molecule has 0 aliphatic carbocycles. The van der Waals surface area contributed by atoms with Gasteiger partial charge in [-0.05, 0) is 25.1 Å². The van der Waals surface area contributed by atoms with E-state index in [0.717, 1.165) is 0 Å². The zero-order valence-electron chi connectivity index (χ0n) is 16.5. The normalized spacial score (nSPS) is 11.1. The van der Waals surface area contributed by atoms with Crippen LogP contribution in [0.3, 0.4) is 0 Å². The summed E-state index contributed by atoms with van der Waals surface area (Å²) < 4.78 is 10.5. The largest absolute Gasteiger partial charge is 0.497 e. The molecule has 3 aromatic rings. The lowest BCUT2D eigenvalue weighted by Gasteiger charge is -2.08. The number of carbonyl (C=O) groups excluding carboxylic acids is 1. The number of nitrogens with one attached hydrogen (secondary N) is 2. The number of hydrazone groups is 1. The standard InChI is InChI=1S/C20H19N5O5/c1-12(13-5-4-6-14(9-13)25(27)28)21-24-20(26)18-11-17(22-23-18)16-8-7-15(29-2)10-19(16)30-3/h4-11H,1-3H3,(H,22,23)(H,24,26)/b21-12+. The molecule has 0 bridgehead atoms. The molecule has 1 amide bonds. The lowest BCUT2D eigenvalue weighted by molar-refractivity contribution is -0.384. The van der Waals surface area contributed by atoms with Crippen molar-refractivity contribution in [2.75, 3.05) is 14.2 Å². The number of aromatic amines is 1. The molecule has 2 aromatic carbocycles. The first-order chi connectivity index (χ1) is 14.4. The van der Waals surface area contributed by atoms with E-state index in [0.29, 0.717) is 34.0 Å². The topological polar surface area (TPSA) is 132 Å². The number of benzene rings is 2. The van der Waals surface area contributed by atoms with E-state index in [2.05, 4.69) is 20.7 Å². The first-order valence-electron chi connectivity index (χ1n) is 8.80. The molecule has 30 heavy (non-hydrogen) atoms. The van der Waals surface area contributed by atoms with Crippen molar-refractivity contribution in [3.8, 4) is 22.8 Å².